The van der Waals surface area contributed by atoms with Crippen molar-refractivity contribution in [2.75, 3.05) is 25.6 Å². The van der Waals surface area contributed by atoms with E-state index in [0.29, 0.717) is 19.0 Å². The van der Waals surface area contributed by atoms with Gasteiger partial charge in [-0.25, -0.2) is 4.98 Å². The third kappa shape index (κ3) is 2.95. The van der Waals surface area contributed by atoms with Gasteiger partial charge in [0.25, 0.3) is 0 Å². The molecule has 0 aliphatic carbocycles. The number of aliphatic hydroxyl groups excluding tert-OH is 1. The summed E-state index contributed by atoms with van der Waals surface area (Å²) in [7, 11) is 1.64. The highest BCUT2D eigenvalue weighted by atomic mass is 16.5. The average molecular weight is 235 g/mol. The van der Waals surface area contributed by atoms with Gasteiger partial charge in [-0.1, -0.05) is 12.1 Å². The van der Waals surface area contributed by atoms with Gasteiger partial charge in [0.2, 0.25) is 5.95 Å². The number of aliphatic hydroxyl groups is 1. The summed E-state index contributed by atoms with van der Waals surface area (Å²) in [5, 5.41) is 12.2. The van der Waals surface area contributed by atoms with Crippen LogP contribution in [0.25, 0.3) is 11.0 Å². The van der Waals surface area contributed by atoms with Crippen LogP contribution in [-0.4, -0.2) is 41.4 Å². The third-order valence-electron chi connectivity index (χ3n) is 2.58. The molecule has 0 saturated heterocycles. The number of para-hydroxylation sites is 2. The second-order valence-electron chi connectivity index (χ2n) is 3.91. The van der Waals surface area contributed by atoms with Gasteiger partial charge in [-0.3, -0.25) is 0 Å². The van der Waals surface area contributed by atoms with E-state index in [9.17, 15) is 0 Å². The lowest BCUT2D eigenvalue weighted by molar-refractivity contribution is 0.170. The number of methoxy groups -OCH3 is 1. The quantitative estimate of drug-likeness (QED) is 0.707. The minimum atomic E-state index is 0.0607. The largest absolute Gasteiger partial charge is 0.396 e. The molecule has 1 aromatic heterocycles. The molecule has 0 saturated carbocycles. The van der Waals surface area contributed by atoms with Crippen molar-refractivity contribution in [3.8, 4) is 0 Å². The predicted octanol–water partition coefficient (Wildman–Crippen LogP) is 1.37. The fourth-order valence-corrected chi connectivity index (χ4v) is 1.77. The van der Waals surface area contributed by atoms with E-state index >= 15 is 0 Å². The van der Waals surface area contributed by atoms with E-state index in [2.05, 4.69) is 15.3 Å². The summed E-state index contributed by atoms with van der Waals surface area (Å²) in [6.07, 6.45) is 0.630. The molecule has 17 heavy (non-hydrogen) atoms. The number of benzene rings is 1. The minimum absolute atomic E-state index is 0.0607. The van der Waals surface area contributed by atoms with E-state index in [1.165, 1.54) is 0 Å². The highest BCUT2D eigenvalue weighted by Crippen LogP contribution is 2.14. The van der Waals surface area contributed by atoms with E-state index in [1.807, 2.05) is 24.3 Å². The Hall–Kier alpha value is -1.59. The Balaban J connectivity index is 2.10. The molecule has 0 fully saturated rings. The van der Waals surface area contributed by atoms with Crippen LogP contribution < -0.4 is 5.32 Å². The number of fused-ring (bicyclic) bond motifs is 1. The van der Waals surface area contributed by atoms with Gasteiger partial charge < -0.3 is 20.1 Å². The Morgan fingerprint density at radius 3 is 3.00 bits per heavy atom. The summed E-state index contributed by atoms with van der Waals surface area (Å²) in [6, 6.07) is 7.91. The molecule has 1 aromatic carbocycles. The molecule has 0 radical (unpaired) electrons. The summed E-state index contributed by atoms with van der Waals surface area (Å²) < 4.78 is 5.09. The molecule has 0 amide bonds. The number of nitrogens with one attached hydrogen (secondary N) is 2. The Labute approximate surface area is 99.8 Å². The highest BCUT2D eigenvalue weighted by molar-refractivity contribution is 5.77. The number of ether oxygens (including phenoxy) is 1. The molecule has 5 heteroatoms. The van der Waals surface area contributed by atoms with Crippen molar-refractivity contribution in [1.82, 2.24) is 9.97 Å². The standard InChI is InChI=1S/C12H17N3O2/c1-17-8-9(6-7-16)13-12-14-10-4-2-3-5-11(10)15-12/h2-5,9,16H,6-8H2,1H3,(H2,13,14,15). The first-order valence-corrected chi connectivity index (χ1v) is 5.64. The third-order valence-corrected chi connectivity index (χ3v) is 2.58. The smallest absolute Gasteiger partial charge is 0.201 e. The topological polar surface area (TPSA) is 70.2 Å². The molecule has 2 aromatic rings. The summed E-state index contributed by atoms with van der Waals surface area (Å²) in [5.74, 6) is 0.710. The van der Waals surface area contributed by atoms with Crippen molar-refractivity contribution in [3.63, 3.8) is 0 Å². The lowest BCUT2D eigenvalue weighted by atomic mass is 10.2. The van der Waals surface area contributed by atoms with E-state index in [4.69, 9.17) is 9.84 Å². The molecule has 0 aliphatic heterocycles. The summed E-state index contributed by atoms with van der Waals surface area (Å²) in [6.45, 7) is 0.666. The van der Waals surface area contributed by atoms with Gasteiger partial charge in [0.15, 0.2) is 0 Å². The van der Waals surface area contributed by atoms with Gasteiger partial charge in [0.1, 0.15) is 0 Å². The van der Waals surface area contributed by atoms with Crippen LogP contribution in [0.3, 0.4) is 0 Å². The summed E-state index contributed by atoms with van der Waals surface area (Å²) >= 11 is 0. The SMILES string of the molecule is COCC(CCO)Nc1nc2ccccc2[nH]1. The maximum atomic E-state index is 8.95. The van der Waals surface area contributed by atoms with Crippen LogP contribution in [0, 0.1) is 0 Å². The first kappa shape index (κ1) is 11.9. The maximum Gasteiger partial charge on any atom is 0.201 e. The highest BCUT2D eigenvalue weighted by Gasteiger charge is 2.10. The van der Waals surface area contributed by atoms with E-state index < -0.39 is 0 Å². The Kier molecular flexibility index (Phi) is 3.95. The predicted molar refractivity (Wildman–Crippen MR) is 67.1 cm³/mol. The average Bonchev–Trinajstić information content (AvgIpc) is 2.71. The van der Waals surface area contributed by atoms with E-state index in [-0.39, 0.29) is 12.6 Å². The number of imidazole rings is 1. The van der Waals surface area contributed by atoms with Crippen molar-refractivity contribution < 1.29 is 9.84 Å². The summed E-state index contributed by atoms with van der Waals surface area (Å²) in [4.78, 5) is 7.60. The molecule has 2 rings (SSSR count). The van der Waals surface area contributed by atoms with Gasteiger partial charge in [-0.2, -0.15) is 0 Å². The van der Waals surface area contributed by atoms with Gasteiger partial charge in [0.05, 0.1) is 23.7 Å². The van der Waals surface area contributed by atoms with Crippen molar-refractivity contribution in [2.45, 2.75) is 12.5 Å². The Morgan fingerprint density at radius 1 is 1.47 bits per heavy atom. The second kappa shape index (κ2) is 5.65. The normalized spacial score (nSPS) is 12.8. The van der Waals surface area contributed by atoms with Gasteiger partial charge >= 0.3 is 0 Å². The Bertz CT molecular complexity index is 430. The zero-order valence-electron chi connectivity index (χ0n) is 9.81. The molecule has 0 bridgehead atoms. The number of hydrogen-bond acceptors (Lipinski definition) is 4. The van der Waals surface area contributed by atoms with Gasteiger partial charge in [0, 0.05) is 13.7 Å². The molecule has 1 atom stereocenters. The lowest BCUT2D eigenvalue weighted by Gasteiger charge is -2.15. The van der Waals surface area contributed by atoms with E-state index in [1.54, 1.807) is 7.11 Å². The van der Waals surface area contributed by atoms with Crippen LogP contribution in [0.5, 0.6) is 0 Å². The fraction of sp³-hybridized carbons (Fsp3) is 0.417. The summed E-state index contributed by atoms with van der Waals surface area (Å²) in [5.41, 5.74) is 1.92. The zero-order chi connectivity index (χ0) is 12.1. The van der Waals surface area contributed by atoms with Crippen LogP contribution in [0.4, 0.5) is 5.95 Å². The molecule has 92 valence electrons. The number of H-pyrrole nitrogens is 1. The van der Waals surface area contributed by atoms with E-state index in [0.717, 1.165) is 11.0 Å². The second-order valence-corrected chi connectivity index (χ2v) is 3.91. The maximum absolute atomic E-state index is 8.95. The molecule has 5 nitrogen and oxygen atoms in total. The number of nitrogens with zero attached hydrogens (tertiary/aromatic N) is 1. The zero-order valence-corrected chi connectivity index (χ0v) is 9.81. The number of hydrogen-bond donors (Lipinski definition) is 3. The first-order chi connectivity index (χ1) is 8.33. The van der Waals surface area contributed by atoms with Crippen molar-refractivity contribution in [3.05, 3.63) is 24.3 Å². The van der Waals surface area contributed by atoms with Crippen molar-refractivity contribution in [1.29, 1.82) is 0 Å². The van der Waals surface area contributed by atoms with Crippen LogP contribution >= 0.6 is 0 Å². The fourth-order valence-electron chi connectivity index (χ4n) is 1.77. The molecule has 1 unspecified atom stereocenters. The van der Waals surface area contributed by atoms with Crippen LogP contribution in [0.2, 0.25) is 0 Å². The first-order valence-electron chi connectivity index (χ1n) is 5.64. The van der Waals surface area contributed by atoms with Crippen LogP contribution in [-0.2, 0) is 4.74 Å². The van der Waals surface area contributed by atoms with Gasteiger partial charge in [-0.05, 0) is 18.6 Å². The minimum Gasteiger partial charge on any atom is -0.396 e. The monoisotopic (exact) mass is 235 g/mol. The lowest BCUT2D eigenvalue weighted by Crippen LogP contribution is -2.26. The number of rotatable bonds is 6. The van der Waals surface area contributed by atoms with Crippen molar-refractivity contribution >= 4 is 17.0 Å². The van der Waals surface area contributed by atoms with Gasteiger partial charge in [-0.15, -0.1) is 0 Å². The molecule has 1 heterocycles. The molecular formula is C12H17N3O2. The molecule has 0 spiro atoms. The van der Waals surface area contributed by atoms with Crippen LogP contribution in [0.1, 0.15) is 6.42 Å². The van der Waals surface area contributed by atoms with Crippen molar-refractivity contribution in [2.24, 2.45) is 0 Å². The number of anilines is 1. The number of aromatic nitrogens is 2. The Morgan fingerprint density at radius 2 is 2.29 bits per heavy atom. The molecular weight excluding hydrogens is 218 g/mol. The molecule has 0 aliphatic rings. The molecule has 3 N–H and O–H groups in total. The van der Waals surface area contributed by atoms with Crippen LogP contribution in [0.15, 0.2) is 24.3 Å². The number of aromatic amines is 1.